The van der Waals surface area contributed by atoms with Gasteiger partial charge in [0.1, 0.15) is 0 Å². The molecular weight excluding hydrogens is 194 g/mol. The van der Waals surface area contributed by atoms with E-state index in [1.54, 1.807) is 0 Å². The standard InChI is InChI=1S/C11H11N.2C2H6/c1-12-11-8-4-6-9-5-2-3-7-10(9)11;2*1-2/h2-8,12H,1H3;2*1-2H3. The number of nitrogens with one attached hydrogen (secondary N) is 1. The van der Waals surface area contributed by atoms with Crippen LogP contribution in [-0.4, -0.2) is 7.05 Å². The van der Waals surface area contributed by atoms with Crippen LogP contribution in [0.25, 0.3) is 10.8 Å². The minimum absolute atomic E-state index is 1.19. The van der Waals surface area contributed by atoms with E-state index in [9.17, 15) is 0 Å². The molecule has 0 heterocycles. The van der Waals surface area contributed by atoms with Crippen molar-refractivity contribution in [3.8, 4) is 0 Å². The largest absolute Gasteiger partial charge is 0.388 e. The van der Waals surface area contributed by atoms with Gasteiger partial charge >= 0.3 is 0 Å². The minimum atomic E-state index is 1.19. The van der Waals surface area contributed by atoms with Crippen LogP contribution in [0.5, 0.6) is 0 Å². The summed E-state index contributed by atoms with van der Waals surface area (Å²) < 4.78 is 0. The van der Waals surface area contributed by atoms with E-state index in [0.29, 0.717) is 0 Å². The molecule has 0 aliphatic carbocycles. The van der Waals surface area contributed by atoms with Gasteiger partial charge in [0.15, 0.2) is 0 Å². The molecule has 0 aromatic heterocycles. The average Bonchev–Trinajstić information content (AvgIpc) is 2.42. The van der Waals surface area contributed by atoms with E-state index < -0.39 is 0 Å². The van der Waals surface area contributed by atoms with Crippen molar-refractivity contribution in [1.82, 2.24) is 0 Å². The molecule has 16 heavy (non-hydrogen) atoms. The molecule has 0 unspecified atom stereocenters. The molecule has 0 spiro atoms. The van der Waals surface area contributed by atoms with Crippen LogP contribution < -0.4 is 5.32 Å². The van der Waals surface area contributed by atoms with E-state index in [2.05, 4.69) is 47.8 Å². The third-order valence-electron chi connectivity index (χ3n) is 2.06. The van der Waals surface area contributed by atoms with Crippen LogP contribution in [0.3, 0.4) is 0 Å². The lowest BCUT2D eigenvalue weighted by atomic mass is 10.1. The van der Waals surface area contributed by atoms with Crippen LogP contribution in [-0.2, 0) is 0 Å². The summed E-state index contributed by atoms with van der Waals surface area (Å²) in [4.78, 5) is 0. The number of anilines is 1. The van der Waals surface area contributed by atoms with Gasteiger partial charge in [-0.05, 0) is 11.5 Å². The molecule has 0 bridgehead atoms. The summed E-state index contributed by atoms with van der Waals surface area (Å²) in [6.07, 6.45) is 0. The molecule has 2 aromatic rings. The monoisotopic (exact) mass is 217 g/mol. The summed E-state index contributed by atoms with van der Waals surface area (Å²) in [7, 11) is 1.95. The fraction of sp³-hybridized carbons (Fsp3) is 0.333. The second-order valence-corrected chi connectivity index (χ2v) is 2.78. The van der Waals surface area contributed by atoms with Gasteiger partial charge in [-0.25, -0.2) is 0 Å². The number of benzene rings is 2. The van der Waals surface area contributed by atoms with Gasteiger partial charge in [-0.3, -0.25) is 0 Å². The van der Waals surface area contributed by atoms with Crippen LogP contribution in [0.2, 0.25) is 0 Å². The molecule has 88 valence electrons. The van der Waals surface area contributed by atoms with Gasteiger partial charge in [0.25, 0.3) is 0 Å². The van der Waals surface area contributed by atoms with E-state index in [1.807, 2.05) is 34.7 Å². The Labute approximate surface area is 99.5 Å². The van der Waals surface area contributed by atoms with E-state index in [4.69, 9.17) is 0 Å². The summed E-state index contributed by atoms with van der Waals surface area (Å²) >= 11 is 0. The normalized spacial score (nSPS) is 8.31. The molecule has 0 radical (unpaired) electrons. The molecule has 1 heteroatoms. The highest BCUT2D eigenvalue weighted by Crippen LogP contribution is 2.21. The smallest absolute Gasteiger partial charge is 0.0417 e. The van der Waals surface area contributed by atoms with Gasteiger partial charge in [0.2, 0.25) is 0 Å². The zero-order chi connectivity index (χ0) is 12.4. The van der Waals surface area contributed by atoms with Gasteiger partial charge in [0.05, 0.1) is 0 Å². The fourth-order valence-electron chi connectivity index (χ4n) is 1.44. The first kappa shape index (κ1) is 14.5. The fourth-order valence-corrected chi connectivity index (χ4v) is 1.44. The Balaban J connectivity index is 0.000000509. The number of hydrogen-bond donors (Lipinski definition) is 1. The maximum absolute atomic E-state index is 3.17. The second-order valence-electron chi connectivity index (χ2n) is 2.78. The molecule has 0 saturated heterocycles. The van der Waals surface area contributed by atoms with Crippen LogP contribution in [0.15, 0.2) is 42.5 Å². The Bertz CT molecular complexity index is 388. The van der Waals surface area contributed by atoms with Crippen molar-refractivity contribution in [1.29, 1.82) is 0 Å². The van der Waals surface area contributed by atoms with Crippen LogP contribution >= 0.6 is 0 Å². The summed E-state index contributed by atoms with van der Waals surface area (Å²) in [5.41, 5.74) is 1.19. The molecule has 2 rings (SSSR count). The Morgan fingerprint density at radius 2 is 1.31 bits per heavy atom. The average molecular weight is 217 g/mol. The zero-order valence-electron chi connectivity index (χ0n) is 11.0. The molecular formula is C15H23N. The summed E-state index contributed by atoms with van der Waals surface area (Å²) in [5, 5.41) is 5.73. The summed E-state index contributed by atoms with van der Waals surface area (Å²) in [6, 6.07) is 14.6. The molecule has 2 aromatic carbocycles. The number of hydrogen-bond acceptors (Lipinski definition) is 1. The molecule has 0 saturated carbocycles. The molecule has 0 aliphatic rings. The highest BCUT2D eigenvalue weighted by molar-refractivity contribution is 5.93. The maximum atomic E-state index is 3.17. The molecule has 1 N–H and O–H groups in total. The number of rotatable bonds is 1. The molecule has 0 atom stereocenters. The van der Waals surface area contributed by atoms with Gasteiger partial charge in [-0.2, -0.15) is 0 Å². The summed E-state index contributed by atoms with van der Waals surface area (Å²) in [6.45, 7) is 8.00. The van der Waals surface area contributed by atoms with Crippen molar-refractivity contribution >= 4 is 16.5 Å². The maximum Gasteiger partial charge on any atom is 0.0417 e. The molecule has 1 nitrogen and oxygen atoms in total. The molecule has 0 aliphatic heterocycles. The lowest BCUT2D eigenvalue weighted by Gasteiger charge is -2.04. The van der Waals surface area contributed by atoms with Crippen LogP contribution in [0.1, 0.15) is 27.7 Å². The Morgan fingerprint density at radius 3 is 1.94 bits per heavy atom. The third kappa shape index (κ3) is 3.58. The van der Waals surface area contributed by atoms with Gasteiger partial charge < -0.3 is 5.32 Å². The second kappa shape index (κ2) is 8.78. The van der Waals surface area contributed by atoms with E-state index >= 15 is 0 Å². The first-order valence-electron chi connectivity index (χ1n) is 6.07. The molecule has 0 amide bonds. The highest BCUT2D eigenvalue weighted by atomic mass is 14.8. The van der Waals surface area contributed by atoms with Crippen LogP contribution in [0.4, 0.5) is 5.69 Å². The van der Waals surface area contributed by atoms with E-state index in [0.717, 1.165) is 0 Å². The summed E-state index contributed by atoms with van der Waals surface area (Å²) in [5.74, 6) is 0. The first-order valence-corrected chi connectivity index (χ1v) is 6.07. The SMILES string of the molecule is CC.CC.CNc1cccc2ccccc12. The third-order valence-corrected chi connectivity index (χ3v) is 2.06. The van der Waals surface area contributed by atoms with Gasteiger partial charge in [-0.1, -0.05) is 64.1 Å². The predicted molar refractivity (Wildman–Crippen MR) is 76.2 cm³/mol. The zero-order valence-corrected chi connectivity index (χ0v) is 11.0. The number of fused-ring (bicyclic) bond motifs is 1. The van der Waals surface area contributed by atoms with Crippen molar-refractivity contribution in [2.24, 2.45) is 0 Å². The lowest BCUT2D eigenvalue weighted by Crippen LogP contribution is -1.88. The van der Waals surface area contributed by atoms with E-state index in [1.165, 1.54) is 16.5 Å². The quantitative estimate of drug-likeness (QED) is 0.714. The highest BCUT2D eigenvalue weighted by Gasteiger charge is 1.95. The van der Waals surface area contributed by atoms with Crippen molar-refractivity contribution in [3.63, 3.8) is 0 Å². The van der Waals surface area contributed by atoms with Crippen molar-refractivity contribution in [3.05, 3.63) is 42.5 Å². The predicted octanol–water partition coefficient (Wildman–Crippen LogP) is 4.93. The molecule has 0 fully saturated rings. The minimum Gasteiger partial charge on any atom is -0.388 e. The van der Waals surface area contributed by atoms with Gasteiger partial charge in [-0.15, -0.1) is 0 Å². The Hall–Kier alpha value is -1.50. The first-order chi connectivity index (χ1) is 7.92. The Morgan fingerprint density at radius 1 is 0.750 bits per heavy atom. The van der Waals surface area contributed by atoms with Gasteiger partial charge in [0, 0.05) is 18.1 Å². The van der Waals surface area contributed by atoms with Crippen molar-refractivity contribution in [2.75, 3.05) is 12.4 Å². The van der Waals surface area contributed by atoms with E-state index in [-0.39, 0.29) is 0 Å². The van der Waals surface area contributed by atoms with Crippen molar-refractivity contribution in [2.45, 2.75) is 27.7 Å². The van der Waals surface area contributed by atoms with Crippen molar-refractivity contribution < 1.29 is 0 Å². The van der Waals surface area contributed by atoms with Crippen LogP contribution in [0, 0.1) is 0 Å². The Kier molecular flexibility index (Phi) is 7.96. The topological polar surface area (TPSA) is 12.0 Å². The lowest BCUT2D eigenvalue weighted by molar-refractivity contribution is 1.50.